The topological polar surface area (TPSA) is 70.8 Å². The summed E-state index contributed by atoms with van der Waals surface area (Å²) in [6.07, 6.45) is 1.07. The standard InChI is InChI=1S/C14H16N4OS2/c1-2-6-16-13-17-18-14(21-13)20-8-7-19-12-5-3-4-11(9-12)10-15/h3-5,9H,2,6-8H2,1H3,(H,16,17). The number of thioether (sulfide) groups is 1. The van der Waals surface area contributed by atoms with Crippen LogP contribution in [-0.4, -0.2) is 29.1 Å². The summed E-state index contributed by atoms with van der Waals surface area (Å²) in [4.78, 5) is 0. The van der Waals surface area contributed by atoms with Crippen molar-refractivity contribution in [1.82, 2.24) is 10.2 Å². The Hall–Kier alpha value is -1.78. The van der Waals surface area contributed by atoms with Gasteiger partial charge in [-0.15, -0.1) is 10.2 Å². The van der Waals surface area contributed by atoms with Gasteiger partial charge in [0.15, 0.2) is 4.34 Å². The molecule has 0 aliphatic carbocycles. The Bertz CT molecular complexity index is 609. The third kappa shape index (κ3) is 5.25. The first-order valence-corrected chi connectivity index (χ1v) is 8.45. The van der Waals surface area contributed by atoms with Crippen molar-refractivity contribution in [1.29, 1.82) is 5.26 Å². The molecule has 0 spiro atoms. The zero-order valence-electron chi connectivity index (χ0n) is 11.7. The summed E-state index contributed by atoms with van der Waals surface area (Å²) in [6, 6.07) is 9.26. The van der Waals surface area contributed by atoms with Crippen LogP contribution in [0.1, 0.15) is 18.9 Å². The van der Waals surface area contributed by atoms with Crippen molar-refractivity contribution >= 4 is 28.2 Å². The van der Waals surface area contributed by atoms with Crippen molar-refractivity contribution < 1.29 is 4.74 Å². The fourth-order valence-electron chi connectivity index (χ4n) is 1.52. The Morgan fingerprint density at radius 1 is 1.43 bits per heavy atom. The van der Waals surface area contributed by atoms with Crippen LogP contribution in [0, 0.1) is 11.3 Å². The van der Waals surface area contributed by atoms with Crippen LogP contribution in [0.15, 0.2) is 28.6 Å². The number of rotatable bonds is 8. The summed E-state index contributed by atoms with van der Waals surface area (Å²) < 4.78 is 6.54. The molecule has 1 aromatic heterocycles. The lowest BCUT2D eigenvalue weighted by Crippen LogP contribution is -2.00. The van der Waals surface area contributed by atoms with Crippen molar-refractivity contribution in [3.05, 3.63) is 29.8 Å². The zero-order chi connectivity index (χ0) is 14.9. The molecule has 0 bridgehead atoms. The first-order valence-electron chi connectivity index (χ1n) is 6.65. The smallest absolute Gasteiger partial charge is 0.206 e. The number of benzene rings is 1. The van der Waals surface area contributed by atoms with E-state index in [2.05, 4.69) is 28.5 Å². The number of nitriles is 1. The highest BCUT2D eigenvalue weighted by molar-refractivity contribution is 8.01. The van der Waals surface area contributed by atoms with E-state index in [0.29, 0.717) is 12.2 Å². The molecule has 0 radical (unpaired) electrons. The minimum atomic E-state index is 0.566. The second-order valence-corrected chi connectivity index (χ2v) is 6.46. The largest absolute Gasteiger partial charge is 0.493 e. The molecule has 2 rings (SSSR count). The first kappa shape index (κ1) is 15.6. The van der Waals surface area contributed by atoms with E-state index >= 15 is 0 Å². The summed E-state index contributed by atoms with van der Waals surface area (Å²) in [6.45, 7) is 3.59. The van der Waals surface area contributed by atoms with Gasteiger partial charge in [-0.2, -0.15) is 5.26 Å². The van der Waals surface area contributed by atoms with Crippen LogP contribution in [-0.2, 0) is 0 Å². The molecular formula is C14H16N4OS2. The third-order valence-corrected chi connectivity index (χ3v) is 4.45. The molecule has 0 amide bonds. The van der Waals surface area contributed by atoms with E-state index in [1.165, 1.54) is 0 Å². The number of hydrogen-bond acceptors (Lipinski definition) is 7. The van der Waals surface area contributed by atoms with Crippen LogP contribution in [0.5, 0.6) is 5.75 Å². The Balaban J connectivity index is 1.72. The van der Waals surface area contributed by atoms with Gasteiger partial charge in [0, 0.05) is 12.3 Å². The molecule has 7 heteroatoms. The second-order valence-electron chi connectivity index (χ2n) is 4.14. The molecule has 0 saturated heterocycles. The molecule has 0 unspecified atom stereocenters. The lowest BCUT2D eigenvalue weighted by Gasteiger charge is -2.04. The van der Waals surface area contributed by atoms with Gasteiger partial charge < -0.3 is 10.1 Å². The fraction of sp³-hybridized carbons (Fsp3) is 0.357. The zero-order valence-corrected chi connectivity index (χ0v) is 13.3. The van der Waals surface area contributed by atoms with E-state index in [0.717, 1.165) is 33.9 Å². The van der Waals surface area contributed by atoms with E-state index in [4.69, 9.17) is 10.00 Å². The highest BCUT2D eigenvalue weighted by Crippen LogP contribution is 2.25. The van der Waals surface area contributed by atoms with Gasteiger partial charge in [0.05, 0.1) is 18.2 Å². The molecule has 110 valence electrons. The SMILES string of the molecule is CCCNc1nnc(SCCOc2cccc(C#N)c2)s1. The molecule has 1 aromatic carbocycles. The third-order valence-electron chi connectivity index (χ3n) is 2.47. The lowest BCUT2D eigenvalue weighted by molar-refractivity contribution is 0.344. The van der Waals surface area contributed by atoms with Crippen molar-refractivity contribution in [3.8, 4) is 11.8 Å². The molecule has 21 heavy (non-hydrogen) atoms. The molecule has 5 nitrogen and oxygen atoms in total. The molecule has 0 atom stereocenters. The number of nitrogens with one attached hydrogen (secondary N) is 1. The van der Waals surface area contributed by atoms with Crippen molar-refractivity contribution in [3.63, 3.8) is 0 Å². The number of hydrogen-bond donors (Lipinski definition) is 1. The Kier molecular flexibility index (Phi) is 6.31. The predicted molar refractivity (Wildman–Crippen MR) is 86.1 cm³/mol. The maximum Gasteiger partial charge on any atom is 0.206 e. The minimum Gasteiger partial charge on any atom is -0.493 e. The predicted octanol–water partition coefficient (Wildman–Crippen LogP) is 3.40. The Labute approximate surface area is 132 Å². The van der Waals surface area contributed by atoms with Crippen LogP contribution in [0.25, 0.3) is 0 Å². The van der Waals surface area contributed by atoms with E-state index in [9.17, 15) is 0 Å². The van der Waals surface area contributed by atoms with Crippen LogP contribution in [0.2, 0.25) is 0 Å². The van der Waals surface area contributed by atoms with Gasteiger partial charge >= 0.3 is 0 Å². The van der Waals surface area contributed by atoms with Gasteiger partial charge in [-0.25, -0.2) is 0 Å². The van der Waals surface area contributed by atoms with Crippen molar-refractivity contribution in [2.75, 3.05) is 24.2 Å². The normalized spacial score (nSPS) is 10.1. The monoisotopic (exact) mass is 320 g/mol. The average Bonchev–Trinajstić information content (AvgIpc) is 2.97. The van der Waals surface area contributed by atoms with E-state index in [1.807, 2.05) is 12.1 Å². The van der Waals surface area contributed by atoms with Crippen LogP contribution in [0.4, 0.5) is 5.13 Å². The number of ether oxygens (including phenoxy) is 1. The number of anilines is 1. The van der Waals surface area contributed by atoms with E-state index in [1.54, 1.807) is 35.2 Å². The van der Waals surface area contributed by atoms with Crippen LogP contribution < -0.4 is 10.1 Å². The quantitative estimate of drug-likeness (QED) is 0.594. The number of nitrogens with zero attached hydrogens (tertiary/aromatic N) is 3. The summed E-state index contributed by atoms with van der Waals surface area (Å²) in [5.41, 5.74) is 0.607. The average molecular weight is 320 g/mol. The maximum atomic E-state index is 8.82. The summed E-state index contributed by atoms with van der Waals surface area (Å²) >= 11 is 3.17. The summed E-state index contributed by atoms with van der Waals surface area (Å²) in [7, 11) is 0. The molecule has 2 aromatic rings. The van der Waals surface area contributed by atoms with Crippen LogP contribution >= 0.6 is 23.1 Å². The number of aromatic nitrogens is 2. The van der Waals surface area contributed by atoms with Crippen molar-refractivity contribution in [2.24, 2.45) is 0 Å². The second kappa shape index (κ2) is 8.49. The van der Waals surface area contributed by atoms with Gasteiger partial charge in [0.1, 0.15) is 5.75 Å². The summed E-state index contributed by atoms with van der Waals surface area (Å²) in [5, 5.41) is 21.1. The lowest BCUT2D eigenvalue weighted by atomic mass is 10.2. The highest BCUT2D eigenvalue weighted by atomic mass is 32.2. The van der Waals surface area contributed by atoms with Gasteiger partial charge in [0.25, 0.3) is 0 Å². The van der Waals surface area contributed by atoms with E-state index < -0.39 is 0 Å². The molecule has 0 aliphatic heterocycles. The van der Waals surface area contributed by atoms with Gasteiger partial charge in [-0.3, -0.25) is 0 Å². The summed E-state index contributed by atoms with van der Waals surface area (Å²) in [5.74, 6) is 1.51. The van der Waals surface area contributed by atoms with Crippen LogP contribution in [0.3, 0.4) is 0 Å². The van der Waals surface area contributed by atoms with Gasteiger partial charge in [-0.05, 0) is 24.6 Å². The first-order chi connectivity index (χ1) is 10.3. The Morgan fingerprint density at radius 3 is 3.14 bits per heavy atom. The maximum absolute atomic E-state index is 8.82. The van der Waals surface area contributed by atoms with Gasteiger partial charge in [0.2, 0.25) is 5.13 Å². The Morgan fingerprint density at radius 2 is 2.33 bits per heavy atom. The van der Waals surface area contributed by atoms with E-state index in [-0.39, 0.29) is 0 Å². The highest BCUT2D eigenvalue weighted by Gasteiger charge is 2.04. The fourth-order valence-corrected chi connectivity index (χ4v) is 3.18. The molecular weight excluding hydrogens is 304 g/mol. The molecule has 0 saturated carbocycles. The molecule has 0 aliphatic rings. The molecule has 0 fully saturated rings. The van der Waals surface area contributed by atoms with Gasteiger partial charge in [-0.1, -0.05) is 36.1 Å². The molecule has 1 N–H and O–H groups in total. The van der Waals surface area contributed by atoms with Crippen molar-refractivity contribution in [2.45, 2.75) is 17.7 Å². The minimum absolute atomic E-state index is 0.566. The molecule has 1 heterocycles.